The minimum Gasteiger partial charge on any atom is -0.494 e. The molecule has 160 valence electrons. The molecule has 1 amide bonds. The van der Waals surface area contributed by atoms with Crippen molar-refractivity contribution in [2.45, 2.75) is 31.2 Å². The molecule has 0 bridgehead atoms. The highest BCUT2D eigenvalue weighted by Gasteiger charge is 2.23. The van der Waals surface area contributed by atoms with Crippen molar-refractivity contribution in [1.82, 2.24) is 4.98 Å². The van der Waals surface area contributed by atoms with E-state index in [0.717, 1.165) is 33.7 Å². The summed E-state index contributed by atoms with van der Waals surface area (Å²) in [6, 6.07) is 17.1. The Morgan fingerprint density at radius 2 is 2.00 bits per heavy atom. The molecule has 0 unspecified atom stereocenters. The van der Waals surface area contributed by atoms with Gasteiger partial charge in [0.05, 0.1) is 29.6 Å². The molecule has 0 spiro atoms. The van der Waals surface area contributed by atoms with Gasteiger partial charge in [0.2, 0.25) is 0 Å². The highest BCUT2D eigenvalue weighted by atomic mass is 32.2. The van der Waals surface area contributed by atoms with Crippen molar-refractivity contribution in [3.8, 4) is 5.75 Å². The number of ether oxygens (including phenoxy) is 1. The van der Waals surface area contributed by atoms with Gasteiger partial charge in [0.25, 0.3) is 5.91 Å². The molecule has 5 nitrogen and oxygen atoms in total. The number of amides is 1. The number of thioether (sulfide) groups is 1. The molecule has 0 fully saturated rings. The highest BCUT2D eigenvalue weighted by molar-refractivity contribution is 7.98. The van der Waals surface area contributed by atoms with Gasteiger partial charge in [-0.15, -0.1) is 11.8 Å². The van der Waals surface area contributed by atoms with Gasteiger partial charge in [-0.05, 0) is 61.2 Å². The van der Waals surface area contributed by atoms with Gasteiger partial charge in [0.15, 0.2) is 5.13 Å². The van der Waals surface area contributed by atoms with Gasteiger partial charge in [-0.2, -0.15) is 0 Å². The van der Waals surface area contributed by atoms with Gasteiger partial charge >= 0.3 is 0 Å². The van der Waals surface area contributed by atoms with Crippen LogP contribution in [-0.2, 0) is 6.54 Å². The molecule has 0 saturated carbocycles. The lowest BCUT2D eigenvalue weighted by Crippen LogP contribution is -2.30. The summed E-state index contributed by atoms with van der Waals surface area (Å²) in [4.78, 5) is 21.1. The van der Waals surface area contributed by atoms with E-state index in [4.69, 9.17) is 14.1 Å². The molecular formula is C24H24N2O3S2. The van der Waals surface area contributed by atoms with E-state index in [-0.39, 0.29) is 5.91 Å². The standard InChI is InChI=1S/C24H24N2O3S2/c1-3-4-14-28-18-12-10-17(11-13-18)23(27)26(16-19-7-6-15-29-19)24-25-22-20(30-2)8-5-9-21(22)31-24/h5-13,15H,3-4,14,16H2,1-2H3. The number of carbonyl (C=O) groups is 1. The van der Waals surface area contributed by atoms with Crippen LogP contribution in [0.5, 0.6) is 5.75 Å². The van der Waals surface area contributed by atoms with E-state index >= 15 is 0 Å². The summed E-state index contributed by atoms with van der Waals surface area (Å²) in [5, 5.41) is 0.654. The molecule has 2 aromatic carbocycles. The Kier molecular flexibility index (Phi) is 6.94. The van der Waals surface area contributed by atoms with Crippen LogP contribution in [0, 0.1) is 0 Å². The topological polar surface area (TPSA) is 55.6 Å². The van der Waals surface area contributed by atoms with Crippen LogP contribution in [0.25, 0.3) is 10.2 Å². The van der Waals surface area contributed by atoms with E-state index in [1.165, 1.54) is 11.3 Å². The minimum absolute atomic E-state index is 0.124. The number of unbranched alkanes of at least 4 members (excludes halogenated alkanes) is 1. The van der Waals surface area contributed by atoms with Crippen LogP contribution in [0.3, 0.4) is 0 Å². The Bertz CT molecular complexity index is 1140. The smallest absolute Gasteiger partial charge is 0.260 e. The number of aromatic nitrogens is 1. The summed E-state index contributed by atoms with van der Waals surface area (Å²) >= 11 is 3.16. The number of hydrogen-bond donors (Lipinski definition) is 0. The van der Waals surface area contributed by atoms with E-state index in [9.17, 15) is 4.79 Å². The number of benzene rings is 2. The first-order valence-electron chi connectivity index (χ1n) is 10.2. The third-order valence-corrected chi connectivity index (χ3v) is 6.64. The molecule has 0 N–H and O–H groups in total. The lowest BCUT2D eigenvalue weighted by Gasteiger charge is -2.19. The maximum atomic E-state index is 13.5. The second-order valence-electron chi connectivity index (χ2n) is 7.00. The molecular weight excluding hydrogens is 428 g/mol. The van der Waals surface area contributed by atoms with Crippen molar-refractivity contribution in [2.75, 3.05) is 17.8 Å². The van der Waals surface area contributed by atoms with Crippen LogP contribution >= 0.6 is 23.1 Å². The number of rotatable bonds is 9. The quantitative estimate of drug-likeness (QED) is 0.210. The third-order valence-electron chi connectivity index (χ3n) is 4.83. The van der Waals surface area contributed by atoms with Crippen molar-refractivity contribution < 1.29 is 13.9 Å². The molecule has 0 atom stereocenters. The first kappa shape index (κ1) is 21.5. The Morgan fingerprint density at radius 1 is 1.16 bits per heavy atom. The van der Waals surface area contributed by atoms with Crippen molar-refractivity contribution in [2.24, 2.45) is 0 Å². The first-order valence-corrected chi connectivity index (χ1v) is 12.2. The van der Waals surface area contributed by atoms with E-state index in [1.807, 2.05) is 48.7 Å². The molecule has 4 aromatic rings. The predicted molar refractivity (Wildman–Crippen MR) is 127 cm³/mol. The van der Waals surface area contributed by atoms with Gasteiger partial charge in [-0.1, -0.05) is 30.7 Å². The zero-order valence-electron chi connectivity index (χ0n) is 17.5. The second kappa shape index (κ2) is 10.0. The van der Waals surface area contributed by atoms with Crippen LogP contribution in [0.4, 0.5) is 5.13 Å². The number of furan rings is 1. The maximum Gasteiger partial charge on any atom is 0.260 e. The van der Waals surface area contributed by atoms with Crippen molar-refractivity contribution >= 4 is 44.4 Å². The molecule has 7 heteroatoms. The SMILES string of the molecule is CCCCOc1ccc(C(=O)N(Cc2ccco2)c2nc3c(SC)cccc3s2)cc1. The Labute approximate surface area is 190 Å². The fourth-order valence-electron chi connectivity index (χ4n) is 3.16. The average Bonchev–Trinajstić information content (AvgIpc) is 3.47. The number of para-hydroxylation sites is 1. The van der Waals surface area contributed by atoms with Crippen LogP contribution < -0.4 is 9.64 Å². The zero-order chi connectivity index (χ0) is 21.6. The van der Waals surface area contributed by atoms with Gasteiger partial charge in [-0.3, -0.25) is 9.69 Å². The lowest BCUT2D eigenvalue weighted by molar-refractivity contribution is 0.0983. The molecule has 0 aliphatic carbocycles. The molecule has 31 heavy (non-hydrogen) atoms. The largest absolute Gasteiger partial charge is 0.494 e. The Balaban J connectivity index is 1.64. The molecule has 4 rings (SSSR count). The van der Waals surface area contributed by atoms with E-state index in [2.05, 4.69) is 6.92 Å². The van der Waals surface area contributed by atoms with Gasteiger partial charge in [-0.25, -0.2) is 4.98 Å². The first-order chi connectivity index (χ1) is 15.2. The zero-order valence-corrected chi connectivity index (χ0v) is 19.2. The number of nitrogens with zero attached hydrogens (tertiary/aromatic N) is 2. The summed E-state index contributed by atoms with van der Waals surface area (Å²) in [6.07, 6.45) is 5.74. The van der Waals surface area contributed by atoms with E-state index in [0.29, 0.717) is 29.6 Å². The maximum absolute atomic E-state index is 13.5. The summed E-state index contributed by atoms with van der Waals surface area (Å²) < 4.78 is 12.3. The number of fused-ring (bicyclic) bond motifs is 1. The van der Waals surface area contributed by atoms with E-state index in [1.54, 1.807) is 35.1 Å². The summed E-state index contributed by atoms with van der Waals surface area (Å²) in [7, 11) is 0. The monoisotopic (exact) mass is 452 g/mol. The molecule has 0 aliphatic heterocycles. The molecule has 0 radical (unpaired) electrons. The Morgan fingerprint density at radius 3 is 2.71 bits per heavy atom. The van der Waals surface area contributed by atoms with Crippen molar-refractivity contribution in [3.63, 3.8) is 0 Å². The molecule has 0 saturated heterocycles. The van der Waals surface area contributed by atoms with Crippen LogP contribution in [0.1, 0.15) is 35.9 Å². The van der Waals surface area contributed by atoms with Crippen LogP contribution in [0.15, 0.2) is 70.2 Å². The summed E-state index contributed by atoms with van der Waals surface area (Å²) in [6.45, 7) is 3.12. The normalized spacial score (nSPS) is 11.0. The lowest BCUT2D eigenvalue weighted by atomic mass is 10.2. The molecule has 2 heterocycles. The highest BCUT2D eigenvalue weighted by Crippen LogP contribution is 2.35. The van der Waals surface area contributed by atoms with Crippen LogP contribution in [0.2, 0.25) is 0 Å². The molecule has 0 aliphatic rings. The number of thiazole rings is 1. The van der Waals surface area contributed by atoms with E-state index < -0.39 is 0 Å². The number of carbonyl (C=O) groups excluding carboxylic acids is 1. The summed E-state index contributed by atoms with van der Waals surface area (Å²) in [5.74, 6) is 1.35. The second-order valence-corrected chi connectivity index (χ2v) is 8.86. The van der Waals surface area contributed by atoms with Crippen molar-refractivity contribution in [3.05, 3.63) is 72.2 Å². The minimum atomic E-state index is -0.124. The third kappa shape index (κ3) is 4.94. The predicted octanol–water partition coefficient (Wildman–Crippen LogP) is 6.64. The Hall–Kier alpha value is -2.77. The average molecular weight is 453 g/mol. The number of hydrogen-bond acceptors (Lipinski definition) is 6. The molecule has 2 aromatic heterocycles. The van der Waals surface area contributed by atoms with Gasteiger partial charge in [0.1, 0.15) is 11.5 Å². The fourth-order valence-corrected chi connectivity index (χ4v) is 4.78. The summed E-state index contributed by atoms with van der Waals surface area (Å²) in [5.41, 5.74) is 1.51. The van der Waals surface area contributed by atoms with Crippen molar-refractivity contribution in [1.29, 1.82) is 0 Å². The van der Waals surface area contributed by atoms with Gasteiger partial charge < -0.3 is 9.15 Å². The number of anilines is 1. The van der Waals surface area contributed by atoms with Crippen LogP contribution in [-0.4, -0.2) is 23.8 Å². The van der Waals surface area contributed by atoms with Gasteiger partial charge in [0, 0.05) is 10.5 Å². The fraction of sp³-hybridized carbons (Fsp3) is 0.250.